The number of methoxy groups -OCH3 is 1. The van der Waals surface area contributed by atoms with Gasteiger partial charge in [-0.25, -0.2) is 0 Å². The zero-order valence-electron chi connectivity index (χ0n) is 11.7. The molecule has 3 nitrogen and oxygen atoms in total. The Bertz CT molecular complexity index is 427. The molecule has 100 valence electrons. The number of ether oxygens (including phenoxy) is 1. The summed E-state index contributed by atoms with van der Waals surface area (Å²) in [6, 6.07) is 4.39. The summed E-state index contributed by atoms with van der Waals surface area (Å²) in [6.07, 6.45) is 1.87. The van der Waals surface area contributed by atoms with Crippen LogP contribution < -0.4 is 5.73 Å². The number of carbonyl (C=O) groups is 1. The molecule has 1 rings (SSSR count). The number of carbonyl (C=O) groups excluding carboxylic acids is 1. The molecule has 2 N–H and O–H groups in total. The van der Waals surface area contributed by atoms with Crippen LogP contribution in [0.3, 0.4) is 0 Å². The standard InChI is InChI=1S/C15H23NO2/c1-10-7-12(3)13(8-11(10)2)9-14(16)5-6-15(17)18-4/h7-8,14H,5-6,9,16H2,1-4H3. The third-order valence-electron chi connectivity index (χ3n) is 3.38. The van der Waals surface area contributed by atoms with Gasteiger partial charge in [0, 0.05) is 12.5 Å². The second kappa shape index (κ2) is 6.55. The predicted molar refractivity (Wildman–Crippen MR) is 73.6 cm³/mol. The lowest BCUT2D eigenvalue weighted by atomic mass is 9.95. The average molecular weight is 249 g/mol. The largest absolute Gasteiger partial charge is 0.469 e. The van der Waals surface area contributed by atoms with E-state index in [4.69, 9.17) is 5.73 Å². The van der Waals surface area contributed by atoms with Gasteiger partial charge in [-0.05, 0) is 55.9 Å². The molecule has 0 amide bonds. The molecule has 0 aliphatic carbocycles. The van der Waals surface area contributed by atoms with Crippen molar-refractivity contribution in [3.63, 3.8) is 0 Å². The van der Waals surface area contributed by atoms with Crippen molar-refractivity contribution in [1.29, 1.82) is 0 Å². The Balaban J connectivity index is 2.61. The second-order valence-electron chi connectivity index (χ2n) is 4.94. The SMILES string of the molecule is COC(=O)CCC(N)Cc1cc(C)c(C)cc1C. The smallest absolute Gasteiger partial charge is 0.305 e. The molecular weight excluding hydrogens is 226 g/mol. The Morgan fingerprint density at radius 3 is 2.44 bits per heavy atom. The summed E-state index contributed by atoms with van der Waals surface area (Å²) in [6.45, 7) is 6.33. The topological polar surface area (TPSA) is 52.3 Å². The van der Waals surface area contributed by atoms with Gasteiger partial charge < -0.3 is 10.5 Å². The molecule has 3 heteroatoms. The Hall–Kier alpha value is -1.35. The summed E-state index contributed by atoms with van der Waals surface area (Å²) in [5, 5.41) is 0. The van der Waals surface area contributed by atoms with Gasteiger partial charge in [-0.15, -0.1) is 0 Å². The molecule has 0 heterocycles. The molecule has 0 bridgehead atoms. The first kappa shape index (κ1) is 14.7. The molecule has 0 aliphatic rings. The van der Waals surface area contributed by atoms with Gasteiger partial charge in [-0.1, -0.05) is 12.1 Å². The van der Waals surface area contributed by atoms with Crippen molar-refractivity contribution in [2.45, 2.75) is 46.1 Å². The second-order valence-corrected chi connectivity index (χ2v) is 4.94. The van der Waals surface area contributed by atoms with Crippen molar-refractivity contribution in [2.75, 3.05) is 7.11 Å². The van der Waals surface area contributed by atoms with Gasteiger partial charge in [0.2, 0.25) is 0 Å². The summed E-state index contributed by atoms with van der Waals surface area (Å²) in [5.41, 5.74) is 11.2. The summed E-state index contributed by atoms with van der Waals surface area (Å²) in [4.78, 5) is 11.1. The van der Waals surface area contributed by atoms with Crippen molar-refractivity contribution in [2.24, 2.45) is 5.73 Å². The number of hydrogen-bond acceptors (Lipinski definition) is 3. The highest BCUT2D eigenvalue weighted by Crippen LogP contribution is 2.17. The van der Waals surface area contributed by atoms with E-state index in [9.17, 15) is 4.79 Å². The quantitative estimate of drug-likeness (QED) is 0.815. The molecule has 0 aromatic heterocycles. The molecule has 1 atom stereocenters. The van der Waals surface area contributed by atoms with Gasteiger partial charge in [-0.3, -0.25) is 4.79 Å². The highest BCUT2D eigenvalue weighted by atomic mass is 16.5. The van der Waals surface area contributed by atoms with Crippen LogP contribution in [0.5, 0.6) is 0 Å². The first-order chi connectivity index (χ1) is 8.43. The lowest BCUT2D eigenvalue weighted by Gasteiger charge is -2.14. The Labute approximate surface area is 109 Å². The highest BCUT2D eigenvalue weighted by molar-refractivity contribution is 5.69. The van der Waals surface area contributed by atoms with Crippen LogP contribution in [0.1, 0.15) is 35.1 Å². The van der Waals surface area contributed by atoms with Gasteiger partial charge >= 0.3 is 5.97 Å². The number of aryl methyl sites for hydroxylation is 3. The van der Waals surface area contributed by atoms with Crippen LogP contribution in [-0.4, -0.2) is 19.1 Å². The number of nitrogens with two attached hydrogens (primary N) is 1. The summed E-state index contributed by atoms with van der Waals surface area (Å²) >= 11 is 0. The molecular formula is C15H23NO2. The first-order valence-corrected chi connectivity index (χ1v) is 6.33. The van der Waals surface area contributed by atoms with Crippen LogP contribution in [0, 0.1) is 20.8 Å². The minimum atomic E-state index is -0.192. The average Bonchev–Trinajstić information content (AvgIpc) is 2.33. The van der Waals surface area contributed by atoms with Gasteiger partial charge in [0.1, 0.15) is 0 Å². The molecule has 0 aliphatic heterocycles. The maximum atomic E-state index is 11.1. The van der Waals surface area contributed by atoms with E-state index < -0.39 is 0 Å². The first-order valence-electron chi connectivity index (χ1n) is 6.33. The van der Waals surface area contributed by atoms with E-state index in [-0.39, 0.29) is 12.0 Å². The third kappa shape index (κ3) is 4.15. The van der Waals surface area contributed by atoms with Crippen LogP contribution >= 0.6 is 0 Å². The van der Waals surface area contributed by atoms with E-state index >= 15 is 0 Å². The number of rotatable bonds is 5. The van der Waals surface area contributed by atoms with Crippen molar-refractivity contribution >= 4 is 5.97 Å². The van der Waals surface area contributed by atoms with Crippen molar-refractivity contribution < 1.29 is 9.53 Å². The van der Waals surface area contributed by atoms with Gasteiger partial charge in [0.15, 0.2) is 0 Å². The maximum Gasteiger partial charge on any atom is 0.305 e. The molecule has 0 saturated heterocycles. The number of benzene rings is 1. The molecule has 1 aromatic carbocycles. The fourth-order valence-corrected chi connectivity index (χ4v) is 2.03. The monoisotopic (exact) mass is 249 g/mol. The van der Waals surface area contributed by atoms with Crippen molar-refractivity contribution in [1.82, 2.24) is 0 Å². The zero-order valence-corrected chi connectivity index (χ0v) is 11.7. The van der Waals surface area contributed by atoms with E-state index in [0.29, 0.717) is 12.8 Å². The van der Waals surface area contributed by atoms with Crippen LogP contribution in [0.2, 0.25) is 0 Å². The lowest BCUT2D eigenvalue weighted by Crippen LogP contribution is -2.24. The normalized spacial score (nSPS) is 12.3. The molecule has 0 fully saturated rings. The van der Waals surface area contributed by atoms with E-state index in [2.05, 4.69) is 37.6 Å². The fourth-order valence-electron chi connectivity index (χ4n) is 2.03. The highest BCUT2D eigenvalue weighted by Gasteiger charge is 2.10. The van der Waals surface area contributed by atoms with Gasteiger partial charge in [-0.2, -0.15) is 0 Å². The fraction of sp³-hybridized carbons (Fsp3) is 0.533. The van der Waals surface area contributed by atoms with Gasteiger partial charge in [0.05, 0.1) is 7.11 Å². The molecule has 0 radical (unpaired) electrons. The molecule has 18 heavy (non-hydrogen) atoms. The Kier molecular flexibility index (Phi) is 5.35. The van der Waals surface area contributed by atoms with Crippen molar-refractivity contribution in [3.05, 3.63) is 34.4 Å². The van der Waals surface area contributed by atoms with E-state index in [1.165, 1.54) is 29.4 Å². The van der Waals surface area contributed by atoms with E-state index in [1.54, 1.807) is 0 Å². The minimum Gasteiger partial charge on any atom is -0.469 e. The van der Waals surface area contributed by atoms with Crippen LogP contribution in [0.15, 0.2) is 12.1 Å². The van der Waals surface area contributed by atoms with Crippen LogP contribution in [0.25, 0.3) is 0 Å². The Morgan fingerprint density at radius 2 is 1.83 bits per heavy atom. The third-order valence-corrected chi connectivity index (χ3v) is 3.38. The molecule has 1 aromatic rings. The summed E-state index contributed by atoms with van der Waals surface area (Å²) < 4.78 is 4.61. The van der Waals surface area contributed by atoms with Crippen LogP contribution in [-0.2, 0) is 16.0 Å². The zero-order chi connectivity index (χ0) is 13.7. The molecule has 0 spiro atoms. The van der Waals surface area contributed by atoms with Crippen molar-refractivity contribution in [3.8, 4) is 0 Å². The predicted octanol–water partition coefficient (Wildman–Crippen LogP) is 2.43. The van der Waals surface area contributed by atoms with Gasteiger partial charge in [0.25, 0.3) is 0 Å². The van der Waals surface area contributed by atoms with E-state index in [0.717, 1.165) is 6.42 Å². The summed E-state index contributed by atoms with van der Waals surface area (Å²) in [7, 11) is 1.40. The maximum absolute atomic E-state index is 11.1. The number of hydrogen-bond donors (Lipinski definition) is 1. The molecule has 1 unspecified atom stereocenters. The number of esters is 1. The summed E-state index contributed by atoms with van der Waals surface area (Å²) in [5.74, 6) is -0.192. The van der Waals surface area contributed by atoms with E-state index in [1.807, 2.05) is 0 Å². The molecule has 0 saturated carbocycles. The van der Waals surface area contributed by atoms with Crippen LogP contribution in [0.4, 0.5) is 0 Å². The minimum absolute atomic E-state index is 0.00454. The Morgan fingerprint density at radius 1 is 1.22 bits per heavy atom. The lowest BCUT2D eigenvalue weighted by molar-refractivity contribution is -0.140.